The third-order valence-electron chi connectivity index (χ3n) is 1.63. The first-order valence-electron chi connectivity index (χ1n) is 3.92. The van der Waals surface area contributed by atoms with Gasteiger partial charge in [0, 0.05) is 34.4 Å². The number of aliphatic imine (C=N–C) groups is 1. The van der Waals surface area contributed by atoms with Gasteiger partial charge in [0.25, 0.3) is 0 Å². The zero-order valence-corrected chi connectivity index (χ0v) is 8.07. The van der Waals surface area contributed by atoms with Crippen LogP contribution in [0.1, 0.15) is 0 Å². The summed E-state index contributed by atoms with van der Waals surface area (Å²) < 4.78 is 0. The highest BCUT2D eigenvalue weighted by Crippen LogP contribution is 2.14. The van der Waals surface area contributed by atoms with Crippen LogP contribution in [0, 0.1) is 0 Å². The van der Waals surface area contributed by atoms with Crippen LogP contribution < -0.4 is 0 Å². The highest BCUT2D eigenvalue weighted by Gasteiger charge is 2.09. The lowest BCUT2D eigenvalue weighted by Crippen LogP contribution is -2.25. The van der Waals surface area contributed by atoms with Crippen molar-refractivity contribution in [1.82, 2.24) is 9.80 Å². The van der Waals surface area contributed by atoms with E-state index in [9.17, 15) is 0 Å². The normalized spacial score (nSPS) is 13.8. The van der Waals surface area contributed by atoms with Gasteiger partial charge in [-0.2, -0.15) is 0 Å². The molecule has 0 fully saturated rings. The van der Waals surface area contributed by atoms with Crippen molar-refractivity contribution in [2.45, 2.75) is 0 Å². The Labute approximate surface area is 73.7 Å². The lowest BCUT2D eigenvalue weighted by Gasteiger charge is -2.25. The van der Waals surface area contributed by atoms with Crippen LogP contribution >= 0.6 is 0 Å². The predicted octanol–water partition coefficient (Wildman–Crippen LogP) is 0.919. The maximum absolute atomic E-state index is 4.24. The molecule has 0 aromatic rings. The Hall–Kier alpha value is -1.25. The summed E-state index contributed by atoms with van der Waals surface area (Å²) in [4.78, 5) is 8.35. The van der Waals surface area contributed by atoms with Gasteiger partial charge >= 0.3 is 0 Å². The molecule has 3 nitrogen and oxygen atoms in total. The van der Waals surface area contributed by atoms with E-state index >= 15 is 0 Å². The summed E-state index contributed by atoms with van der Waals surface area (Å²) in [5.41, 5.74) is 1.02. The summed E-state index contributed by atoms with van der Waals surface area (Å²) in [6, 6.07) is 0. The summed E-state index contributed by atoms with van der Waals surface area (Å²) in [7, 11) is 8.07. The Kier molecular flexibility index (Phi) is 2.53. The zero-order chi connectivity index (χ0) is 9.14. The van der Waals surface area contributed by atoms with Crippen molar-refractivity contribution in [2.75, 3.05) is 28.2 Å². The van der Waals surface area contributed by atoms with Crippen LogP contribution in [0.4, 0.5) is 0 Å². The lowest BCUT2D eigenvalue weighted by atomic mass is 10.4. The van der Waals surface area contributed by atoms with Gasteiger partial charge in [-0.05, 0) is 12.2 Å². The molecule has 1 heterocycles. The molecule has 0 aromatic carbocycles. The second kappa shape index (κ2) is 3.43. The van der Waals surface area contributed by atoms with Gasteiger partial charge in [0.15, 0.2) is 0 Å². The molecule has 1 aliphatic heterocycles. The molecule has 0 unspecified atom stereocenters. The molecular formula is C9H15N3. The predicted molar refractivity (Wildman–Crippen MR) is 52.0 cm³/mol. The summed E-state index contributed by atoms with van der Waals surface area (Å²) in [6.07, 6.45) is 5.76. The van der Waals surface area contributed by atoms with Crippen LogP contribution in [0.5, 0.6) is 0 Å². The molecule has 0 spiro atoms. The first-order valence-corrected chi connectivity index (χ1v) is 3.92. The molecule has 1 rings (SSSR count). The Morgan fingerprint density at radius 3 is 2.08 bits per heavy atom. The van der Waals surface area contributed by atoms with Gasteiger partial charge in [0.2, 0.25) is 0 Å². The second-order valence-electron chi connectivity index (χ2n) is 3.13. The van der Waals surface area contributed by atoms with Crippen molar-refractivity contribution in [3.05, 3.63) is 23.7 Å². The third-order valence-corrected chi connectivity index (χ3v) is 1.63. The van der Waals surface area contributed by atoms with Crippen molar-refractivity contribution >= 4 is 6.21 Å². The van der Waals surface area contributed by atoms with Crippen molar-refractivity contribution in [1.29, 1.82) is 0 Å². The largest absolute Gasteiger partial charge is 0.363 e. The number of nitrogens with zero attached hydrogens (tertiary/aromatic N) is 3. The van der Waals surface area contributed by atoms with Gasteiger partial charge in [-0.15, -0.1) is 0 Å². The molecule has 0 bridgehead atoms. The van der Waals surface area contributed by atoms with E-state index in [2.05, 4.69) is 14.8 Å². The smallest absolute Gasteiger partial charge is 0.129 e. The molecule has 0 aliphatic carbocycles. The van der Waals surface area contributed by atoms with Gasteiger partial charge in [-0.25, -0.2) is 0 Å². The molecule has 12 heavy (non-hydrogen) atoms. The van der Waals surface area contributed by atoms with Crippen LogP contribution in [0.25, 0.3) is 0 Å². The lowest BCUT2D eigenvalue weighted by molar-refractivity contribution is 0.338. The summed E-state index contributed by atoms with van der Waals surface area (Å²) in [5, 5.41) is 0. The van der Waals surface area contributed by atoms with Crippen LogP contribution in [-0.2, 0) is 0 Å². The molecule has 1 aliphatic rings. The second-order valence-corrected chi connectivity index (χ2v) is 3.13. The van der Waals surface area contributed by atoms with Crippen LogP contribution in [0.15, 0.2) is 28.7 Å². The maximum atomic E-state index is 4.24. The maximum Gasteiger partial charge on any atom is 0.129 e. The minimum absolute atomic E-state index is 1.02. The molecule has 0 atom stereocenters. The van der Waals surface area contributed by atoms with E-state index in [4.69, 9.17) is 0 Å². The van der Waals surface area contributed by atoms with Gasteiger partial charge in [-0.1, -0.05) is 0 Å². The van der Waals surface area contributed by atoms with Crippen LogP contribution in [-0.4, -0.2) is 44.2 Å². The summed E-state index contributed by atoms with van der Waals surface area (Å²) in [5.74, 6) is 1.13. The van der Waals surface area contributed by atoms with Crippen LogP contribution in [0.2, 0.25) is 0 Å². The molecule has 0 saturated heterocycles. The van der Waals surface area contributed by atoms with Gasteiger partial charge < -0.3 is 9.80 Å². The molecule has 0 N–H and O–H groups in total. The highest BCUT2D eigenvalue weighted by atomic mass is 15.3. The summed E-state index contributed by atoms with van der Waals surface area (Å²) in [6.45, 7) is 0. The molecule has 0 aromatic heterocycles. The van der Waals surface area contributed by atoms with E-state index in [1.807, 2.05) is 46.6 Å². The number of allylic oxidation sites excluding steroid dienone is 2. The highest BCUT2D eigenvalue weighted by molar-refractivity contribution is 5.77. The number of hydrogen-bond acceptors (Lipinski definition) is 3. The van der Waals surface area contributed by atoms with E-state index in [1.54, 1.807) is 0 Å². The van der Waals surface area contributed by atoms with Crippen LogP contribution in [0.3, 0.4) is 0 Å². The Bertz CT molecular complexity index is 222. The fourth-order valence-corrected chi connectivity index (χ4v) is 1.29. The van der Waals surface area contributed by atoms with Gasteiger partial charge in [0.1, 0.15) is 11.5 Å². The fourth-order valence-electron chi connectivity index (χ4n) is 1.29. The molecule has 3 heteroatoms. The quantitative estimate of drug-likeness (QED) is 0.606. The monoisotopic (exact) mass is 165 g/mol. The van der Waals surface area contributed by atoms with Crippen molar-refractivity contribution < 1.29 is 0 Å². The van der Waals surface area contributed by atoms with E-state index in [1.165, 1.54) is 0 Å². The number of rotatable bonds is 2. The zero-order valence-electron chi connectivity index (χ0n) is 8.07. The number of hydrogen-bond donors (Lipinski definition) is 0. The van der Waals surface area contributed by atoms with Gasteiger partial charge in [0.05, 0.1) is 0 Å². The first kappa shape index (κ1) is 8.84. The standard InChI is InChI=1S/C9H15N3/c1-11(2)9(12(3)4)8-6-5-7-10-8/h5-7H,1-4H3. The van der Waals surface area contributed by atoms with E-state index in [0.29, 0.717) is 0 Å². The molecule has 66 valence electrons. The van der Waals surface area contributed by atoms with E-state index in [-0.39, 0.29) is 0 Å². The first-order chi connectivity index (χ1) is 5.63. The minimum atomic E-state index is 1.02. The Morgan fingerprint density at radius 1 is 1.17 bits per heavy atom. The average Bonchev–Trinajstić information content (AvgIpc) is 2.37. The molecule has 0 saturated carbocycles. The topological polar surface area (TPSA) is 18.8 Å². The SMILES string of the molecule is CN(C)C(=C1C=CC=N1)N(C)C. The molecule has 0 radical (unpaired) electrons. The third kappa shape index (κ3) is 1.67. The Balaban J connectivity index is 2.99. The van der Waals surface area contributed by atoms with Gasteiger partial charge in [-0.3, -0.25) is 4.99 Å². The fraction of sp³-hybridized carbons (Fsp3) is 0.444. The van der Waals surface area contributed by atoms with Crippen molar-refractivity contribution in [3.8, 4) is 0 Å². The van der Waals surface area contributed by atoms with E-state index in [0.717, 1.165) is 11.5 Å². The summed E-state index contributed by atoms with van der Waals surface area (Å²) >= 11 is 0. The Morgan fingerprint density at radius 2 is 1.75 bits per heavy atom. The molecular weight excluding hydrogens is 150 g/mol. The minimum Gasteiger partial charge on any atom is -0.363 e. The van der Waals surface area contributed by atoms with Crippen molar-refractivity contribution in [3.63, 3.8) is 0 Å². The molecule has 0 amide bonds. The average molecular weight is 165 g/mol. The van der Waals surface area contributed by atoms with Crippen molar-refractivity contribution in [2.24, 2.45) is 4.99 Å². The van der Waals surface area contributed by atoms with E-state index < -0.39 is 0 Å².